The van der Waals surface area contributed by atoms with E-state index in [1.54, 1.807) is 0 Å². The smallest absolute Gasteiger partial charge is 0.246 e. The number of carbonyl (C=O) groups excluding carboxylic acids is 1. The van der Waals surface area contributed by atoms with E-state index in [4.69, 9.17) is 0 Å². The van der Waals surface area contributed by atoms with Gasteiger partial charge in [0.25, 0.3) is 0 Å². The minimum atomic E-state index is -1.66. The molecule has 2 aromatic rings. The molecule has 0 saturated carbocycles. The van der Waals surface area contributed by atoms with Crippen LogP contribution >= 0.6 is 0 Å². The fraction of sp³-hybridized carbons (Fsp3) is 0.133. The van der Waals surface area contributed by atoms with Crippen LogP contribution in [0.25, 0.3) is 0 Å². The van der Waals surface area contributed by atoms with Gasteiger partial charge < -0.3 is 10.6 Å². The van der Waals surface area contributed by atoms with Crippen molar-refractivity contribution in [1.29, 1.82) is 0 Å². The molecule has 0 aliphatic rings. The molecule has 0 bridgehead atoms. The second kappa shape index (κ2) is 6.46. The summed E-state index contributed by atoms with van der Waals surface area (Å²) >= 11 is 0. The van der Waals surface area contributed by atoms with E-state index in [0.717, 1.165) is 6.07 Å². The topological polar surface area (TPSA) is 41.1 Å². The van der Waals surface area contributed by atoms with Crippen LogP contribution in [0.1, 0.15) is 6.92 Å². The Morgan fingerprint density at radius 2 is 1.59 bits per heavy atom. The lowest BCUT2D eigenvalue weighted by Gasteiger charge is -2.15. The number of anilines is 2. The van der Waals surface area contributed by atoms with Crippen molar-refractivity contribution in [1.82, 2.24) is 0 Å². The van der Waals surface area contributed by atoms with E-state index in [0.29, 0.717) is 11.8 Å². The lowest BCUT2D eigenvalue weighted by atomic mass is 10.2. The van der Waals surface area contributed by atoms with E-state index in [2.05, 4.69) is 10.6 Å². The number of carbonyl (C=O) groups is 1. The number of halogens is 4. The second-order valence-corrected chi connectivity index (χ2v) is 4.59. The first kappa shape index (κ1) is 15.8. The molecule has 0 fully saturated rings. The first-order chi connectivity index (χ1) is 10.4. The molecule has 3 nitrogen and oxygen atoms in total. The summed E-state index contributed by atoms with van der Waals surface area (Å²) in [6, 6.07) is 6.11. The van der Waals surface area contributed by atoms with Crippen molar-refractivity contribution in [2.24, 2.45) is 0 Å². The van der Waals surface area contributed by atoms with Gasteiger partial charge in [0.05, 0.1) is 5.69 Å². The van der Waals surface area contributed by atoms with Crippen molar-refractivity contribution >= 4 is 17.3 Å². The summed E-state index contributed by atoms with van der Waals surface area (Å²) in [7, 11) is 0. The molecule has 2 N–H and O–H groups in total. The standard InChI is InChI=1S/C15H12F4N2O/c1-8(20-10-4-2-9(16)3-5-10)15(22)21-12-7-6-11(17)13(18)14(12)19/h2-8,20H,1H3,(H,21,22)/t8-/m1/s1. The van der Waals surface area contributed by atoms with Gasteiger partial charge in [0, 0.05) is 5.69 Å². The zero-order chi connectivity index (χ0) is 16.3. The van der Waals surface area contributed by atoms with Crippen LogP contribution in [0.3, 0.4) is 0 Å². The maximum Gasteiger partial charge on any atom is 0.246 e. The Morgan fingerprint density at radius 3 is 2.23 bits per heavy atom. The predicted molar refractivity (Wildman–Crippen MR) is 74.4 cm³/mol. The SMILES string of the molecule is C[C@@H](Nc1ccc(F)cc1)C(=O)Nc1ccc(F)c(F)c1F. The van der Waals surface area contributed by atoms with Gasteiger partial charge in [-0.05, 0) is 43.3 Å². The predicted octanol–water partition coefficient (Wildman–Crippen LogP) is 3.68. The molecule has 116 valence electrons. The highest BCUT2D eigenvalue weighted by atomic mass is 19.2. The second-order valence-electron chi connectivity index (χ2n) is 4.59. The Hall–Kier alpha value is -2.57. The Balaban J connectivity index is 2.05. The Morgan fingerprint density at radius 1 is 0.955 bits per heavy atom. The van der Waals surface area contributed by atoms with Gasteiger partial charge >= 0.3 is 0 Å². The Labute approximate surface area is 124 Å². The minimum absolute atomic E-state index is 0.425. The van der Waals surface area contributed by atoms with Crippen molar-refractivity contribution in [2.75, 3.05) is 10.6 Å². The van der Waals surface area contributed by atoms with E-state index in [-0.39, 0.29) is 0 Å². The quantitative estimate of drug-likeness (QED) is 0.668. The molecular weight excluding hydrogens is 300 g/mol. The highest BCUT2D eigenvalue weighted by Gasteiger charge is 2.18. The average Bonchev–Trinajstić information content (AvgIpc) is 2.50. The fourth-order valence-electron chi connectivity index (χ4n) is 1.73. The lowest BCUT2D eigenvalue weighted by molar-refractivity contribution is -0.116. The molecule has 0 aliphatic heterocycles. The fourth-order valence-corrected chi connectivity index (χ4v) is 1.73. The molecule has 7 heteroatoms. The molecule has 0 spiro atoms. The maximum atomic E-state index is 13.5. The van der Waals surface area contributed by atoms with E-state index in [1.807, 2.05) is 0 Å². The van der Waals surface area contributed by atoms with Gasteiger partial charge in [-0.25, -0.2) is 17.6 Å². The highest BCUT2D eigenvalue weighted by molar-refractivity contribution is 5.96. The molecule has 1 amide bonds. The maximum absolute atomic E-state index is 13.5. The molecule has 0 heterocycles. The third-order valence-corrected chi connectivity index (χ3v) is 2.91. The first-order valence-electron chi connectivity index (χ1n) is 6.35. The van der Waals surface area contributed by atoms with Crippen molar-refractivity contribution < 1.29 is 22.4 Å². The summed E-state index contributed by atoms with van der Waals surface area (Å²) in [6.07, 6.45) is 0. The third kappa shape index (κ3) is 3.55. The summed E-state index contributed by atoms with van der Waals surface area (Å²) in [5.41, 5.74) is 0.0199. The van der Waals surface area contributed by atoms with E-state index in [1.165, 1.54) is 31.2 Å². The number of hydrogen-bond donors (Lipinski definition) is 2. The summed E-state index contributed by atoms with van der Waals surface area (Å²) in [4.78, 5) is 11.9. The van der Waals surface area contributed by atoms with Gasteiger partial charge in [-0.1, -0.05) is 0 Å². The first-order valence-corrected chi connectivity index (χ1v) is 6.35. The molecule has 1 atom stereocenters. The van der Waals surface area contributed by atoms with Crippen LogP contribution in [0.4, 0.5) is 28.9 Å². The summed E-state index contributed by atoms with van der Waals surface area (Å²) in [5, 5.41) is 4.92. The van der Waals surface area contributed by atoms with Crippen LogP contribution in [-0.2, 0) is 4.79 Å². The van der Waals surface area contributed by atoms with Crippen LogP contribution in [0.2, 0.25) is 0 Å². The molecule has 22 heavy (non-hydrogen) atoms. The molecular formula is C15H12F4N2O. The lowest BCUT2D eigenvalue weighted by Crippen LogP contribution is -2.32. The van der Waals surface area contributed by atoms with Crippen molar-refractivity contribution in [3.8, 4) is 0 Å². The van der Waals surface area contributed by atoms with Gasteiger partial charge in [-0.2, -0.15) is 0 Å². The van der Waals surface area contributed by atoms with Crippen LogP contribution in [0.15, 0.2) is 36.4 Å². The van der Waals surface area contributed by atoms with Gasteiger partial charge in [0.2, 0.25) is 5.91 Å². The Bertz CT molecular complexity index is 689. The van der Waals surface area contributed by atoms with Crippen molar-refractivity contribution in [3.63, 3.8) is 0 Å². The number of hydrogen-bond acceptors (Lipinski definition) is 2. The molecule has 0 saturated heterocycles. The number of nitrogens with one attached hydrogen (secondary N) is 2. The molecule has 0 aromatic heterocycles. The zero-order valence-electron chi connectivity index (χ0n) is 11.5. The van der Waals surface area contributed by atoms with Crippen LogP contribution in [-0.4, -0.2) is 11.9 Å². The summed E-state index contributed by atoms with van der Waals surface area (Å²) in [6.45, 7) is 1.48. The van der Waals surface area contributed by atoms with Crippen molar-refractivity contribution in [3.05, 3.63) is 59.7 Å². The van der Waals surface area contributed by atoms with E-state index in [9.17, 15) is 22.4 Å². The number of benzene rings is 2. The van der Waals surface area contributed by atoms with Crippen LogP contribution < -0.4 is 10.6 Å². The van der Waals surface area contributed by atoms with Crippen LogP contribution in [0, 0.1) is 23.3 Å². The normalized spacial score (nSPS) is 11.9. The Kier molecular flexibility index (Phi) is 4.65. The van der Waals surface area contributed by atoms with E-state index < -0.39 is 40.9 Å². The average molecular weight is 312 g/mol. The minimum Gasteiger partial charge on any atom is -0.374 e. The summed E-state index contributed by atoms with van der Waals surface area (Å²) < 4.78 is 52.1. The molecule has 2 rings (SSSR count). The molecule has 0 unspecified atom stereocenters. The van der Waals surface area contributed by atoms with Gasteiger partial charge in [0.1, 0.15) is 11.9 Å². The monoisotopic (exact) mass is 312 g/mol. The zero-order valence-corrected chi connectivity index (χ0v) is 11.5. The number of amides is 1. The number of rotatable bonds is 4. The molecule has 0 aliphatic carbocycles. The summed E-state index contributed by atoms with van der Waals surface area (Å²) in [5.74, 6) is -5.55. The largest absolute Gasteiger partial charge is 0.374 e. The third-order valence-electron chi connectivity index (χ3n) is 2.91. The van der Waals surface area contributed by atoms with E-state index >= 15 is 0 Å². The van der Waals surface area contributed by atoms with Crippen molar-refractivity contribution in [2.45, 2.75) is 13.0 Å². The van der Waals surface area contributed by atoms with Crippen LogP contribution in [0.5, 0.6) is 0 Å². The van der Waals surface area contributed by atoms with Gasteiger partial charge in [-0.3, -0.25) is 4.79 Å². The van der Waals surface area contributed by atoms with Gasteiger partial charge in [-0.15, -0.1) is 0 Å². The highest BCUT2D eigenvalue weighted by Crippen LogP contribution is 2.20. The van der Waals surface area contributed by atoms with Gasteiger partial charge in [0.15, 0.2) is 17.5 Å². The molecule has 2 aromatic carbocycles. The molecule has 0 radical (unpaired) electrons.